The van der Waals surface area contributed by atoms with Gasteiger partial charge in [0.25, 0.3) is 0 Å². The van der Waals surface area contributed by atoms with Gasteiger partial charge in [0.2, 0.25) is 5.91 Å². The SMILES string of the molecule is CCc1nc2ccccc2n1CC(=O)N[C@@H](C)c1cccs1. The number of aryl methyl sites for hydroxylation is 1. The standard InChI is InChI=1S/C17H19N3OS/c1-3-16-19-13-7-4-5-8-14(13)20(16)11-17(21)18-12(2)15-9-6-10-22-15/h4-10,12H,3,11H2,1-2H3,(H,18,21)/t12-/m0/s1. The number of thiophene rings is 1. The third kappa shape index (κ3) is 2.90. The van der Waals surface area contributed by atoms with Gasteiger partial charge in [-0.2, -0.15) is 0 Å². The van der Waals surface area contributed by atoms with E-state index in [9.17, 15) is 4.79 Å². The molecule has 0 aliphatic heterocycles. The summed E-state index contributed by atoms with van der Waals surface area (Å²) in [6.07, 6.45) is 0.808. The lowest BCUT2D eigenvalue weighted by atomic mass is 10.2. The summed E-state index contributed by atoms with van der Waals surface area (Å²) >= 11 is 1.66. The molecule has 3 rings (SSSR count). The number of nitrogens with zero attached hydrogens (tertiary/aromatic N) is 2. The average Bonchev–Trinajstić information content (AvgIpc) is 3.15. The number of benzene rings is 1. The van der Waals surface area contributed by atoms with E-state index < -0.39 is 0 Å². The number of carbonyl (C=O) groups excluding carboxylic acids is 1. The Hall–Kier alpha value is -2.14. The lowest BCUT2D eigenvalue weighted by molar-refractivity contribution is -0.122. The normalized spacial score (nSPS) is 12.5. The molecule has 2 aromatic heterocycles. The molecule has 1 aromatic carbocycles. The minimum absolute atomic E-state index is 0.0127. The van der Waals surface area contributed by atoms with Gasteiger partial charge in [-0.05, 0) is 30.5 Å². The molecule has 0 fully saturated rings. The van der Waals surface area contributed by atoms with E-state index in [0.29, 0.717) is 6.54 Å². The molecule has 0 spiro atoms. The maximum Gasteiger partial charge on any atom is 0.240 e. The Kier molecular flexibility index (Phi) is 4.24. The smallest absolute Gasteiger partial charge is 0.240 e. The summed E-state index contributed by atoms with van der Waals surface area (Å²) in [5.74, 6) is 0.957. The summed E-state index contributed by atoms with van der Waals surface area (Å²) in [4.78, 5) is 18.1. The van der Waals surface area contributed by atoms with Crippen LogP contribution in [0.5, 0.6) is 0 Å². The van der Waals surface area contributed by atoms with Crippen molar-refractivity contribution < 1.29 is 4.79 Å². The van der Waals surface area contributed by atoms with Gasteiger partial charge in [-0.1, -0.05) is 25.1 Å². The van der Waals surface area contributed by atoms with Gasteiger partial charge in [-0.15, -0.1) is 11.3 Å². The zero-order chi connectivity index (χ0) is 15.5. The molecule has 0 saturated carbocycles. The summed E-state index contributed by atoms with van der Waals surface area (Å²) < 4.78 is 2.01. The lowest BCUT2D eigenvalue weighted by Crippen LogP contribution is -2.30. The predicted octanol–water partition coefficient (Wildman–Crippen LogP) is 3.54. The molecule has 3 aromatic rings. The number of hydrogen-bond acceptors (Lipinski definition) is 3. The summed E-state index contributed by atoms with van der Waals surface area (Å²) in [7, 11) is 0. The van der Waals surface area contributed by atoms with Crippen molar-refractivity contribution >= 4 is 28.3 Å². The number of para-hydroxylation sites is 2. The molecule has 0 saturated heterocycles. The number of carbonyl (C=O) groups is 1. The van der Waals surface area contributed by atoms with Gasteiger partial charge in [0.1, 0.15) is 12.4 Å². The van der Waals surface area contributed by atoms with Crippen LogP contribution >= 0.6 is 11.3 Å². The fourth-order valence-electron chi connectivity index (χ4n) is 2.61. The molecule has 0 aliphatic carbocycles. The molecule has 0 radical (unpaired) electrons. The number of imidazole rings is 1. The number of fused-ring (bicyclic) bond motifs is 1. The van der Waals surface area contributed by atoms with E-state index in [1.807, 2.05) is 53.3 Å². The zero-order valence-corrected chi connectivity index (χ0v) is 13.6. The highest BCUT2D eigenvalue weighted by molar-refractivity contribution is 7.10. The molecule has 0 bridgehead atoms. The molecule has 5 heteroatoms. The molecular weight excluding hydrogens is 294 g/mol. The molecule has 4 nitrogen and oxygen atoms in total. The van der Waals surface area contributed by atoms with Crippen LogP contribution in [0.4, 0.5) is 0 Å². The van der Waals surface area contributed by atoms with Crippen LogP contribution in [0.1, 0.15) is 30.6 Å². The van der Waals surface area contributed by atoms with Crippen LogP contribution in [-0.2, 0) is 17.8 Å². The Balaban J connectivity index is 1.79. The first-order valence-corrected chi connectivity index (χ1v) is 8.34. The first-order valence-electron chi connectivity index (χ1n) is 7.46. The van der Waals surface area contributed by atoms with Gasteiger partial charge in [-0.3, -0.25) is 4.79 Å². The number of aromatic nitrogens is 2. The second-order valence-corrected chi connectivity index (χ2v) is 6.24. The highest BCUT2D eigenvalue weighted by atomic mass is 32.1. The van der Waals surface area contributed by atoms with Crippen LogP contribution in [0.2, 0.25) is 0 Å². The van der Waals surface area contributed by atoms with Crippen LogP contribution in [0.25, 0.3) is 11.0 Å². The summed E-state index contributed by atoms with van der Waals surface area (Å²) in [6.45, 7) is 4.37. The number of hydrogen-bond donors (Lipinski definition) is 1. The predicted molar refractivity (Wildman–Crippen MR) is 90.0 cm³/mol. The lowest BCUT2D eigenvalue weighted by Gasteiger charge is -2.14. The van der Waals surface area contributed by atoms with Gasteiger partial charge in [-0.25, -0.2) is 4.98 Å². The largest absolute Gasteiger partial charge is 0.347 e. The van der Waals surface area contributed by atoms with Gasteiger partial charge < -0.3 is 9.88 Å². The van der Waals surface area contributed by atoms with Crippen molar-refractivity contribution in [3.8, 4) is 0 Å². The number of nitrogens with one attached hydrogen (secondary N) is 1. The molecule has 2 heterocycles. The van der Waals surface area contributed by atoms with E-state index in [4.69, 9.17) is 0 Å². The van der Waals surface area contributed by atoms with Crippen molar-refractivity contribution in [2.75, 3.05) is 0 Å². The van der Waals surface area contributed by atoms with Crippen LogP contribution in [0.3, 0.4) is 0 Å². The van der Waals surface area contributed by atoms with Crippen LogP contribution in [0, 0.1) is 0 Å². The molecular formula is C17H19N3OS. The van der Waals surface area contributed by atoms with Crippen molar-refractivity contribution in [3.05, 3.63) is 52.5 Å². The molecule has 1 N–H and O–H groups in total. The molecule has 0 unspecified atom stereocenters. The summed E-state index contributed by atoms with van der Waals surface area (Å²) in [5.41, 5.74) is 1.96. The van der Waals surface area contributed by atoms with Crippen molar-refractivity contribution in [1.82, 2.24) is 14.9 Å². The third-order valence-corrected chi connectivity index (χ3v) is 4.75. The van der Waals surface area contributed by atoms with Crippen molar-refractivity contribution in [3.63, 3.8) is 0 Å². The summed E-state index contributed by atoms with van der Waals surface area (Å²) in [6, 6.07) is 12.0. The quantitative estimate of drug-likeness (QED) is 0.783. The first-order chi connectivity index (χ1) is 10.7. The number of rotatable bonds is 5. The highest BCUT2D eigenvalue weighted by Crippen LogP contribution is 2.19. The Bertz CT molecular complexity index is 776. The van der Waals surface area contributed by atoms with E-state index in [1.165, 1.54) is 4.88 Å². The van der Waals surface area contributed by atoms with E-state index in [0.717, 1.165) is 23.3 Å². The Morgan fingerprint density at radius 2 is 2.14 bits per heavy atom. The Labute approximate surface area is 133 Å². The van der Waals surface area contributed by atoms with Gasteiger partial charge >= 0.3 is 0 Å². The van der Waals surface area contributed by atoms with E-state index in [1.54, 1.807) is 11.3 Å². The van der Waals surface area contributed by atoms with Crippen LogP contribution in [-0.4, -0.2) is 15.5 Å². The molecule has 22 heavy (non-hydrogen) atoms. The average molecular weight is 313 g/mol. The molecule has 114 valence electrons. The van der Waals surface area contributed by atoms with Gasteiger partial charge in [0.15, 0.2) is 0 Å². The Morgan fingerprint density at radius 3 is 2.86 bits per heavy atom. The van der Waals surface area contributed by atoms with E-state index in [2.05, 4.69) is 17.2 Å². The van der Waals surface area contributed by atoms with Crippen molar-refractivity contribution in [2.45, 2.75) is 32.9 Å². The first kappa shape index (κ1) is 14.8. The van der Waals surface area contributed by atoms with Crippen molar-refractivity contribution in [1.29, 1.82) is 0 Å². The van der Waals surface area contributed by atoms with Crippen molar-refractivity contribution in [2.24, 2.45) is 0 Å². The van der Waals surface area contributed by atoms with E-state index >= 15 is 0 Å². The minimum Gasteiger partial charge on any atom is -0.347 e. The molecule has 1 amide bonds. The van der Waals surface area contributed by atoms with Crippen LogP contribution in [0.15, 0.2) is 41.8 Å². The maximum atomic E-state index is 12.4. The Morgan fingerprint density at radius 1 is 1.32 bits per heavy atom. The third-order valence-electron chi connectivity index (χ3n) is 3.70. The topological polar surface area (TPSA) is 46.9 Å². The van der Waals surface area contributed by atoms with Gasteiger partial charge in [0, 0.05) is 11.3 Å². The van der Waals surface area contributed by atoms with Crippen LogP contribution < -0.4 is 5.32 Å². The fourth-order valence-corrected chi connectivity index (χ4v) is 3.35. The van der Waals surface area contributed by atoms with E-state index in [-0.39, 0.29) is 11.9 Å². The summed E-state index contributed by atoms with van der Waals surface area (Å²) in [5, 5.41) is 5.08. The molecule has 0 aliphatic rings. The van der Waals surface area contributed by atoms with Gasteiger partial charge in [0.05, 0.1) is 17.1 Å². The zero-order valence-electron chi connectivity index (χ0n) is 12.7. The second kappa shape index (κ2) is 6.32. The minimum atomic E-state index is 0.0127. The second-order valence-electron chi connectivity index (χ2n) is 5.26. The fraction of sp³-hybridized carbons (Fsp3) is 0.294. The molecule has 1 atom stereocenters. The highest BCUT2D eigenvalue weighted by Gasteiger charge is 2.14. The maximum absolute atomic E-state index is 12.4. The number of amides is 1. The monoisotopic (exact) mass is 313 g/mol.